The van der Waals surface area contributed by atoms with E-state index < -0.39 is 24.1 Å². The molecular formula is C20H19ClF4N2O2. The van der Waals surface area contributed by atoms with E-state index in [0.717, 1.165) is 23.8 Å². The summed E-state index contributed by atoms with van der Waals surface area (Å²) < 4.78 is 58.6. The number of amides is 1. The number of rotatable bonds is 6. The van der Waals surface area contributed by atoms with Crippen molar-refractivity contribution in [2.75, 3.05) is 19.6 Å². The Bertz CT molecular complexity index is 842. The van der Waals surface area contributed by atoms with Gasteiger partial charge in [0.25, 0.3) is 0 Å². The van der Waals surface area contributed by atoms with Crippen LogP contribution in [0, 0.1) is 11.7 Å². The van der Waals surface area contributed by atoms with Crippen LogP contribution in [-0.2, 0) is 11.3 Å². The first-order valence-corrected chi connectivity index (χ1v) is 9.32. The molecule has 1 amide bonds. The van der Waals surface area contributed by atoms with E-state index in [1.54, 1.807) is 0 Å². The highest BCUT2D eigenvalue weighted by molar-refractivity contribution is 6.31. The SMILES string of the molecule is O=C(OCc1ccccc1)N1CC(CNC(c2ccc(F)cc2Cl)C(F)(F)F)C1. The molecule has 1 fully saturated rings. The Kier molecular flexibility index (Phi) is 6.64. The molecule has 29 heavy (non-hydrogen) atoms. The molecule has 1 aliphatic heterocycles. The number of alkyl halides is 3. The number of hydrogen-bond donors (Lipinski definition) is 1. The van der Waals surface area contributed by atoms with Gasteiger partial charge in [0.15, 0.2) is 0 Å². The molecule has 1 heterocycles. The topological polar surface area (TPSA) is 41.6 Å². The van der Waals surface area contributed by atoms with Gasteiger partial charge >= 0.3 is 12.3 Å². The van der Waals surface area contributed by atoms with E-state index in [1.807, 2.05) is 30.3 Å². The van der Waals surface area contributed by atoms with Gasteiger partial charge in [0.2, 0.25) is 0 Å². The van der Waals surface area contributed by atoms with Crippen LogP contribution in [0.1, 0.15) is 17.2 Å². The normalized spacial score (nSPS) is 15.7. The highest BCUT2D eigenvalue weighted by atomic mass is 35.5. The number of carbonyl (C=O) groups excluding carboxylic acids is 1. The number of halogens is 5. The molecule has 1 saturated heterocycles. The van der Waals surface area contributed by atoms with Crippen molar-refractivity contribution < 1.29 is 27.1 Å². The number of nitrogens with zero attached hydrogens (tertiary/aromatic N) is 1. The molecule has 2 aromatic carbocycles. The van der Waals surface area contributed by atoms with Crippen LogP contribution in [0.5, 0.6) is 0 Å². The molecule has 156 valence electrons. The predicted octanol–water partition coefficient (Wildman–Crippen LogP) is 4.94. The van der Waals surface area contributed by atoms with Gasteiger partial charge in [-0.25, -0.2) is 9.18 Å². The third kappa shape index (κ3) is 5.61. The van der Waals surface area contributed by atoms with Crippen molar-refractivity contribution in [1.29, 1.82) is 0 Å². The molecule has 0 aromatic heterocycles. The maximum atomic E-state index is 13.4. The van der Waals surface area contributed by atoms with Gasteiger partial charge in [-0.2, -0.15) is 13.2 Å². The summed E-state index contributed by atoms with van der Waals surface area (Å²) in [5.74, 6) is -0.855. The lowest BCUT2D eigenvalue weighted by Gasteiger charge is -2.39. The molecule has 0 spiro atoms. The second-order valence-corrected chi connectivity index (χ2v) is 7.27. The Labute approximate surface area is 170 Å². The number of benzene rings is 2. The molecule has 1 aliphatic rings. The number of carbonyl (C=O) groups is 1. The molecule has 0 aliphatic carbocycles. The van der Waals surface area contributed by atoms with Gasteiger partial charge in [-0.1, -0.05) is 48.0 Å². The molecule has 9 heteroatoms. The van der Waals surface area contributed by atoms with Gasteiger partial charge < -0.3 is 15.0 Å². The van der Waals surface area contributed by atoms with Crippen molar-refractivity contribution in [3.05, 3.63) is 70.5 Å². The Balaban J connectivity index is 1.49. The van der Waals surface area contributed by atoms with E-state index in [-0.39, 0.29) is 29.7 Å². The van der Waals surface area contributed by atoms with Crippen LogP contribution in [0.25, 0.3) is 0 Å². The highest BCUT2D eigenvalue weighted by Gasteiger charge is 2.42. The molecule has 0 radical (unpaired) electrons. The Morgan fingerprint density at radius 1 is 1.21 bits per heavy atom. The summed E-state index contributed by atoms with van der Waals surface area (Å²) in [5.41, 5.74) is 0.614. The summed E-state index contributed by atoms with van der Waals surface area (Å²) in [4.78, 5) is 13.4. The standard InChI is InChI=1S/C20H19ClF4N2O2/c21-17-8-15(22)6-7-16(17)18(20(23,24)25)26-9-14-10-27(11-14)19(28)29-12-13-4-2-1-3-5-13/h1-8,14,18,26H,9-12H2. The number of likely N-dealkylation sites (tertiary alicyclic amines) is 1. The van der Waals surface area contributed by atoms with Crippen LogP contribution in [0.4, 0.5) is 22.4 Å². The smallest absolute Gasteiger partial charge is 0.410 e. The summed E-state index contributed by atoms with van der Waals surface area (Å²) >= 11 is 5.79. The minimum atomic E-state index is -4.60. The van der Waals surface area contributed by atoms with Crippen LogP contribution in [-0.4, -0.2) is 36.8 Å². The molecule has 1 unspecified atom stereocenters. The molecular weight excluding hydrogens is 412 g/mol. The minimum absolute atomic E-state index is 0.0281. The first kappa shape index (κ1) is 21.4. The predicted molar refractivity (Wildman–Crippen MR) is 99.9 cm³/mol. The minimum Gasteiger partial charge on any atom is -0.445 e. The van der Waals surface area contributed by atoms with Crippen molar-refractivity contribution in [2.24, 2.45) is 5.92 Å². The van der Waals surface area contributed by atoms with E-state index in [0.29, 0.717) is 13.1 Å². The zero-order chi connectivity index (χ0) is 21.0. The first-order valence-electron chi connectivity index (χ1n) is 8.94. The third-order valence-corrected chi connectivity index (χ3v) is 4.96. The van der Waals surface area contributed by atoms with E-state index in [4.69, 9.17) is 16.3 Å². The average Bonchev–Trinajstić information content (AvgIpc) is 2.62. The Morgan fingerprint density at radius 2 is 1.90 bits per heavy atom. The summed E-state index contributed by atoms with van der Waals surface area (Å²) in [7, 11) is 0. The van der Waals surface area contributed by atoms with E-state index in [2.05, 4.69) is 5.32 Å². The van der Waals surface area contributed by atoms with Crippen molar-refractivity contribution in [1.82, 2.24) is 10.2 Å². The van der Waals surface area contributed by atoms with Crippen molar-refractivity contribution >= 4 is 17.7 Å². The lowest BCUT2D eigenvalue weighted by molar-refractivity contribution is -0.158. The van der Waals surface area contributed by atoms with E-state index >= 15 is 0 Å². The molecule has 4 nitrogen and oxygen atoms in total. The molecule has 0 bridgehead atoms. The van der Waals surface area contributed by atoms with Gasteiger partial charge in [-0.3, -0.25) is 0 Å². The fourth-order valence-electron chi connectivity index (χ4n) is 3.08. The zero-order valence-electron chi connectivity index (χ0n) is 15.3. The summed E-state index contributed by atoms with van der Waals surface area (Å²) in [5, 5.41) is 2.15. The summed E-state index contributed by atoms with van der Waals surface area (Å²) in [6.45, 7) is 0.753. The van der Waals surface area contributed by atoms with Gasteiger partial charge in [0.05, 0.1) is 0 Å². The van der Waals surface area contributed by atoms with Crippen molar-refractivity contribution in [3.8, 4) is 0 Å². The summed E-state index contributed by atoms with van der Waals surface area (Å²) in [6, 6.07) is 9.97. The zero-order valence-corrected chi connectivity index (χ0v) is 16.0. The van der Waals surface area contributed by atoms with Crippen LogP contribution < -0.4 is 5.32 Å². The summed E-state index contributed by atoms with van der Waals surface area (Å²) in [6.07, 6.45) is -5.10. The fraction of sp³-hybridized carbons (Fsp3) is 0.350. The largest absolute Gasteiger partial charge is 0.445 e. The van der Waals surface area contributed by atoms with Gasteiger partial charge in [-0.15, -0.1) is 0 Å². The second-order valence-electron chi connectivity index (χ2n) is 6.86. The molecule has 2 aromatic rings. The lowest BCUT2D eigenvalue weighted by Crippen LogP contribution is -2.54. The Hall–Kier alpha value is -2.32. The average molecular weight is 431 g/mol. The Morgan fingerprint density at radius 3 is 2.52 bits per heavy atom. The third-order valence-electron chi connectivity index (χ3n) is 4.63. The van der Waals surface area contributed by atoms with Crippen LogP contribution in [0.3, 0.4) is 0 Å². The number of nitrogens with one attached hydrogen (secondary N) is 1. The van der Waals surface area contributed by atoms with Gasteiger partial charge in [-0.05, 0) is 23.3 Å². The molecule has 1 atom stereocenters. The maximum Gasteiger partial charge on any atom is 0.410 e. The first-order chi connectivity index (χ1) is 13.7. The monoisotopic (exact) mass is 430 g/mol. The molecule has 3 rings (SSSR count). The fourth-order valence-corrected chi connectivity index (χ4v) is 3.36. The highest BCUT2D eigenvalue weighted by Crippen LogP contribution is 2.36. The molecule has 0 saturated carbocycles. The van der Waals surface area contributed by atoms with Crippen LogP contribution in [0.2, 0.25) is 5.02 Å². The van der Waals surface area contributed by atoms with Crippen molar-refractivity contribution in [2.45, 2.75) is 18.8 Å². The van der Waals surface area contributed by atoms with Gasteiger partial charge in [0, 0.05) is 30.6 Å². The quantitative estimate of drug-likeness (QED) is 0.660. The van der Waals surface area contributed by atoms with E-state index in [1.165, 1.54) is 4.90 Å². The lowest BCUT2D eigenvalue weighted by atomic mass is 9.99. The van der Waals surface area contributed by atoms with Gasteiger partial charge in [0.1, 0.15) is 18.5 Å². The molecule has 1 N–H and O–H groups in total. The van der Waals surface area contributed by atoms with Crippen molar-refractivity contribution in [3.63, 3.8) is 0 Å². The van der Waals surface area contributed by atoms with E-state index in [9.17, 15) is 22.4 Å². The van der Waals surface area contributed by atoms with Crippen LogP contribution in [0.15, 0.2) is 48.5 Å². The van der Waals surface area contributed by atoms with Crippen LogP contribution >= 0.6 is 11.6 Å². The number of hydrogen-bond acceptors (Lipinski definition) is 3. The second kappa shape index (κ2) is 9.00. The number of ether oxygens (including phenoxy) is 1. The maximum absolute atomic E-state index is 13.4.